The van der Waals surface area contributed by atoms with Crippen LogP contribution in [0.3, 0.4) is 0 Å². The van der Waals surface area contributed by atoms with E-state index in [1.807, 2.05) is 6.92 Å². The standard InChI is InChI=1S/C10H17N3OS/c1-8-12-6-10(15-8)9(14)7-13-4-2-11-3-5-13/h6,9,11,14H,2-5,7H2,1H3. The van der Waals surface area contributed by atoms with Crippen LogP contribution >= 0.6 is 11.3 Å². The van der Waals surface area contributed by atoms with Gasteiger partial charge in [-0.05, 0) is 6.92 Å². The van der Waals surface area contributed by atoms with Crippen LogP contribution in [0.25, 0.3) is 0 Å². The fourth-order valence-corrected chi connectivity index (χ4v) is 2.52. The number of thiazole rings is 1. The summed E-state index contributed by atoms with van der Waals surface area (Å²) in [6.45, 7) is 6.78. The SMILES string of the molecule is Cc1ncc(C(O)CN2CCNCC2)s1. The zero-order valence-corrected chi connectivity index (χ0v) is 9.76. The molecule has 0 spiro atoms. The molecule has 1 aromatic rings. The van der Waals surface area contributed by atoms with Crippen LogP contribution in [0, 0.1) is 6.92 Å². The van der Waals surface area contributed by atoms with Gasteiger partial charge in [-0.1, -0.05) is 0 Å². The van der Waals surface area contributed by atoms with Gasteiger partial charge in [-0.15, -0.1) is 11.3 Å². The van der Waals surface area contributed by atoms with Gasteiger partial charge >= 0.3 is 0 Å². The van der Waals surface area contributed by atoms with Gasteiger partial charge in [0.1, 0.15) is 6.10 Å². The first kappa shape index (κ1) is 11.0. The average Bonchev–Trinajstić information content (AvgIpc) is 2.66. The number of hydrogen-bond acceptors (Lipinski definition) is 5. The van der Waals surface area contributed by atoms with E-state index >= 15 is 0 Å². The van der Waals surface area contributed by atoms with Crippen molar-refractivity contribution in [2.24, 2.45) is 0 Å². The van der Waals surface area contributed by atoms with Crippen LogP contribution in [0.4, 0.5) is 0 Å². The lowest BCUT2D eigenvalue weighted by Gasteiger charge is -2.28. The Morgan fingerprint density at radius 3 is 2.93 bits per heavy atom. The van der Waals surface area contributed by atoms with Crippen LogP contribution in [0.15, 0.2) is 6.20 Å². The van der Waals surface area contributed by atoms with Crippen molar-refractivity contribution in [1.82, 2.24) is 15.2 Å². The van der Waals surface area contributed by atoms with Crippen molar-refractivity contribution < 1.29 is 5.11 Å². The van der Waals surface area contributed by atoms with Crippen LogP contribution in [-0.2, 0) is 0 Å². The molecule has 1 unspecified atom stereocenters. The third-order valence-corrected chi connectivity index (χ3v) is 3.62. The van der Waals surface area contributed by atoms with Crippen LogP contribution < -0.4 is 5.32 Å². The van der Waals surface area contributed by atoms with Crippen molar-refractivity contribution in [1.29, 1.82) is 0 Å². The Bertz CT molecular complexity index is 309. The van der Waals surface area contributed by atoms with E-state index in [2.05, 4.69) is 15.2 Å². The highest BCUT2D eigenvalue weighted by Gasteiger charge is 2.16. The Morgan fingerprint density at radius 2 is 2.33 bits per heavy atom. The topological polar surface area (TPSA) is 48.4 Å². The number of aliphatic hydroxyl groups is 1. The molecule has 0 bridgehead atoms. The van der Waals surface area contributed by atoms with Crippen molar-refractivity contribution in [3.8, 4) is 0 Å². The lowest BCUT2D eigenvalue weighted by atomic mass is 10.2. The Morgan fingerprint density at radius 1 is 1.60 bits per heavy atom. The maximum absolute atomic E-state index is 9.99. The molecular weight excluding hydrogens is 210 g/mol. The monoisotopic (exact) mass is 227 g/mol. The average molecular weight is 227 g/mol. The number of nitrogens with one attached hydrogen (secondary N) is 1. The van der Waals surface area contributed by atoms with Crippen LogP contribution in [0.5, 0.6) is 0 Å². The highest BCUT2D eigenvalue weighted by molar-refractivity contribution is 7.11. The molecular formula is C10H17N3OS. The first-order valence-corrected chi connectivity index (χ1v) is 6.11. The molecule has 1 aliphatic heterocycles. The van der Waals surface area contributed by atoms with Crippen LogP contribution in [-0.4, -0.2) is 47.7 Å². The van der Waals surface area contributed by atoms with E-state index < -0.39 is 0 Å². The Hall–Kier alpha value is -0.490. The second-order valence-corrected chi connectivity index (χ2v) is 5.11. The number of hydrogen-bond donors (Lipinski definition) is 2. The van der Waals surface area contributed by atoms with Gasteiger partial charge in [0.15, 0.2) is 0 Å². The fraction of sp³-hybridized carbons (Fsp3) is 0.700. The van der Waals surface area contributed by atoms with E-state index in [0.29, 0.717) is 0 Å². The zero-order chi connectivity index (χ0) is 10.7. The number of nitrogens with zero attached hydrogens (tertiary/aromatic N) is 2. The molecule has 5 heteroatoms. The molecule has 2 N–H and O–H groups in total. The fourth-order valence-electron chi connectivity index (χ4n) is 1.76. The summed E-state index contributed by atoms with van der Waals surface area (Å²) in [5.74, 6) is 0. The summed E-state index contributed by atoms with van der Waals surface area (Å²) in [6, 6.07) is 0. The molecule has 1 saturated heterocycles. The predicted octanol–water partition coefficient (Wildman–Crippen LogP) is 0.390. The van der Waals surface area contributed by atoms with Gasteiger partial charge in [0, 0.05) is 38.9 Å². The molecule has 1 aromatic heterocycles. The summed E-state index contributed by atoms with van der Waals surface area (Å²) in [6.07, 6.45) is 1.40. The van der Waals surface area contributed by atoms with Gasteiger partial charge in [0.2, 0.25) is 0 Å². The van der Waals surface area contributed by atoms with E-state index in [0.717, 1.165) is 42.6 Å². The van der Waals surface area contributed by atoms with E-state index in [9.17, 15) is 5.11 Å². The molecule has 2 rings (SSSR count). The van der Waals surface area contributed by atoms with Gasteiger partial charge < -0.3 is 10.4 Å². The molecule has 2 heterocycles. The Kier molecular flexibility index (Phi) is 3.69. The number of aryl methyl sites for hydroxylation is 1. The van der Waals surface area contributed by atoms with Crippen molar-refractivity contribution >= 4 is 11.3 Å². The number of aliphatic hydroxyl groups excluding tert-OH is 1. The first-order chi connectivity index (χ1) is 7.25. The lowest BCUT2D eigenvalue weighted by molar-refractivity contribution is 0.108. The molecule has 1 fully saturated rings. The van der Waals surface area contributed by atoms with Crippen LogP contribution in [0.1, 0.15) is 16.0 Å². The van der Waals surface area contributed by atoms with Crippen molar-refractivity contribution in [3.05, 3.63) is 16.1 Å². The van der Waals surface area contributed by atoms with E-state index in [1.54, 1.807) is 17.5 Å². The highest BCUT2D eigenvalue weighted by Crippen LogP contribution is 2.21. The summed E-state index contributed by atoms with van der Waals surface area (Å²) in [5, 5.41) is 14.3. The molecule has 0 amide bonds. The first-order valence-electron chi connectivity index (χ1n) is 5.29. The molecule has 0 saturated carbocycles. The highest BCUT2D eigenvalue weighted by atomic mass is 32.1. The van der Waals surface area contributed by atoms with Gasteiger partial charge in [0.25, 0.3) is 0 Å². The largest absolute Gasteiger partial charge is 0.386 e. The van der Waals surface area contributed by atoms with Gasteiger partial charge in [-0.3, -0.25) is 4.90 Å². The number of piperazine rings is 1. The van der Waals surface area contributed by atoms with E-state index in [4.69, 9.17) is 0 Å². The molecule has 0 aromatic carbocycles. The van der Waals surface area contributed by atoms with Crippen molar-refractivity contribution in [2.75, 3.05) is 32.7 Å². The van der Waals surface area contributed by atoms with E-state index in [1.165, 1.54) is 0 Å². The summed E-state index contributed by atoms with van der Waals surface area (Å²) >= 11 is 1.58. The van der Waals surface area contributed by atoms with Crippen molar-refractivity contribution in [2.45, 2.75) is 13.0 Å². The Balaban J connectivity index is 1.88. The molecule has 15 heavy (non-hydrogen) atoms. The number of rotatable bonds is 3. The third kappa shape index (κ3) is 2.98. The molecule has 4 nitrogen and oxygen atoms in total. The predicted molar refractivity (Wildman–Crippen MR) is 61.1 cm³/mol. The summed E-state index contributed by atoms with van der Waals surface area (Å²) in [4.78, 5) is 7.42. The second-order valence-electron chi connectivity index (χ2n) is 3.85. The molecule has 0 radical (unpaired) electrons. The molecule has 84 valence electrons. The number of aromatic nitrogens is 1. The van der Waals surface area contributed by atoms with Gasteiger partial charge in [0.05, 0.1) is 9.88 Å². The lowest BCUT2D eigenvalue weighted by Crippen LogP contribution is -2.44. The Labute approximate surface area is 93.9 Å². The van der Waals surface area contributed by atoms with Crippen LogP contribution in [0.2, 0.25) is 0 Å². The van der Waals surface area contributed by atoms with Gasteiger partial charge in [-0.2, -0.15) is 0 Å². The molecule has 1 atom stereocenters. The van der Waals surface area contributed by atoms with E-state index in [-0.39, 0.29) is 6.10 Å². The minimum absolute atomic E-state index is 0.380. The van der Waals surface area contributed by atoms with Gasteiger partial charge in [-0.25, -0.2) is 4.98 Å². The number of β-amino-alcohol motifs (C(OH)–C–C–N with tert-alkyl or cyclic N) is 1. The maximum atomic E-state index is 9.99. The zero-order valence-electron chi connectivity index (χ0n) is 8.94. The summed E-state index contributed by atoms with van der Waals surface area (Å²) in [5.41, 5.74) is 0. The normalized spacial score (nSPS) is 20.4. The smallest absolute Gasteiger partial charge is 0.102 e. The third-order valence-electron chi connectivity index (χ3n) is 2.61. The minimum atomic E-state index is -0.380. The van der Waals surface area contributed by atoms with Crippen molar-refractivity contribution in [3.63, 3.8) is 0 Å². The maximum Gasteiger partial charge on any atom is 0.102 e. The quantitative estimate of drug-likeness (QED) is 0.784. The molecule has 0 aliphatic carbocycles. The minimum Gasteiger partial charge on any atom is -0.386 e. The molecule has 1 aliphatic rings. The second kappa shape index (κ2) is 5.03. The summed E-state index contributed by atoms with van der Waals surface area (Å²) < 4.78 is 0. The summed E-state index contributed by atoms with van der Waals surface area (Å²) in [7, 11) is 0.